The highest BCUT2D eigenvalue weighted by atomic mass is 32.2. The number of hydrogen-bond donors (Lipinski definition) is 0. The maximum Gasteiger partial charge on any atom is 0.187 e. The van der Waals surface area contributed by atoms with Gasteiger partial charge in [-0.1, -0.05) is 36.0 Å². The van der Waals surface area contributed by atoms with Crippen LogP contribution in [0.1, 0.15) is 10.4 Å². The topological polar surface area (TPSA) is 42.9 Å². The fourth-order valence-electron chi connectivity index (χ4n) is 1.42. The molecule has 2 rings (SSSR count). The second-order valence-electron chi connectivity index (χ2n) is 3.13. The van der Waals surface area contributed by atoms with Crippen LogP contribution in [0.25, 0.3) is 11.3 Å². The summed E-state index contributed by atoms with van der Waals surface area (Å²) in [4.78, 5) is 19.4. The normalized spacial score (nSPS) is 10.1. The van der Waals surface area contributed by atoms with Crippen molar-refractivity contribution in [1.82, 2.24) is 9.97 Å². The number of aldehydes is 1. The zero-order chi connectivity index (χ0) is 11.4. The summed E-state index contributed by atoms with van der Waals surface area (Å²) >= 11 is 1.48. The SMILES string of the molecule is CSc1nccc(-c2ccccc2C=O)n1. The van der Waals surface area contributed by atoms with Gasteiger partial charge in [0.15, 0.2) is 11.4 Å². The molecule has 3 nitrogen and oxygen atoms in total. The van der Waals surface area contributed by atoms with Crippen LogP contribution in [0.2, 0.25) is 0 Å². The van der Waals surface area contributed by atoms with Crippen molar-refractivity contribution in [2.24, 2.45) is 0 Å². The quantitative estimate of drug-likeness (QED) is 0.462. The summed E-state index contributed by atoms with van der Waals surface area (Å²) in [6, 6.07) is 9.20. The summed E-state index contributed by atoms with van der Waals surface area (Å²) in [5, 5.41) is 0.707. The molecule has 0 aliphatic heterocycles. The monoisotopic (exact) mass is 230 g/mol. The fraction of sp³-hybridized carbons (Fsp3) is 0.0833. The third-order valence-electron chi connectivity index (χ3n) is 2.18. The number of hydrogen-bond acceptors (Lipinski definition) is 4. The molecule has 0 saturated carbocycles. The first-order chi connectivity index (χ1) is 7.85. The van der Waals surface area contributed by atoms with E-state index >= 15 is 0 Å². The molecule has 0 saturated heterocycles. The van der Waals surface area contributed by atoms with Crippen LogP contribution < -0.4 is 0 Å². The van der Waals surface area contributed by atoms with E-state index in [4.69, 9.17) is 0 Å². The zero-order valence-electron chi connectivity index (χ0n) is 8.75. The fourth-order valence-corrected chi connectivity index (χ4v) is 1.78. The van der Waals surface area contributed by atoms with E-state index in [0.717, 1.165) is 17.5 Å². The van der Waals surface area contributed by atoms with Gasteiger partial charge in [0.2, 0.25) is 0 Å². The summed E-state index contributed by atoms with van der Waals surface area (Å²) in [6.07, 6.45) is 4.47. The largest absolute Gasteiger partial charge is 0.298 e. The molecule has 16 heavy (non-hydrogen) atoms. The zero-order valence-corrected chi connectivity index (χ0v) is 9.57. The van der Waals surface area contributed by atoms with Crippen LogP contribution in [-0.4, -0.2) is 22.5 Å². The molecular formula is C12H10N2OS. The Kier molecular flexibility index (Phi) is 3.31. The minimum atomic E-state index is 0.647. The van der Waals surface area contributed by atoms with Gasteiger partial charge < -0.3 is 0 Å². The number of aromatic nitrogens is 2. The van der Waals surface area contributed by atoms with Gasteiger partial charge in [0.25, 0.3) is 0 Å². The number of carbonyl (C=O) groups excluding carboxylic acids is 1. The Morgan fingerprint density at radius 3 is 2.81 bits per heavy atom. The van der Waals surface area contributed by atoms with Crippen LogP contribution in [0, 0.1) is 0 Å². The van der Waals surface area contributed by atoms with Crippen LogP contribution >= 0.6 is 11.8 Å². The number of carbonyl (C=O) groups is 1. The van der Waals surface area contributed by atoms with Crippen molar-refractivity contribution in [3.05, 3.63) is 42.1 Å². The molecule has 0 N–H and O–H groups in total. The van der Waals surface area contributed by atoms with E-state index in [2.05, 4.69) is 9.97 Å². The lowest BCUT2D eigenvalue weighted by molar-refractivity contribution is 0.112. The van der Waals surface area contributed by atoms with E-state index in [1.165, 1.54) is 11.8 Å². The van der Waals surface area contributed by atoms with E-state index in [-0.39, 0.29) is 0 Å². The molecule has 0 spiro atoms. The molecule has 0 unspecified atom stereocenters. The Morgan fingerprint density at radius 2 is 2.06 bits per heavy atom. The predicted molar refractivity (Wildman–Crippen MR) is 64.6 cm³/mol. The highest BCUT2D eigenvalue weighted by molar-refractivity contribution is 7.98. The average molecular weight is 230 g/mol. The third kappa shape index (κ3) is 2.12. The lowest BCUT2D eigenvalue weighted by Gasteiger charge is -2.04. The van der Waals surface area contributed by atoms with Gasteiger partial charge in [-0.05, 0) is 12.3 Å². The number of benzene rings is 1. The molecule has 1 aromatic heterocycles. The number of nitrogens with zero attached hydrogens (tertiary/aromatic N) is 2. The molecule has 0 amide bonds. The van der Waals surface area contributed by atoms with Crippen LogP contribution in [0.15, 0.2) is 41.7 Å². The van der Waals surface area contributed by atoms with Gasteiger partial charge >= 0.3 is 0 Å². The van der Waals surface area contributed by atoms with Crippen LogP contribution in [0.3, 0.4) is 0 Å². The molecule has 2 aromatic rings. The summed E-state index contributed by atoms with van der Waals surface area (Å²) in [7, 11) is 0. The van der Waals surface area contributed by atoms with Crippen molar-refractivity contribution < 1.29 is 4.79 Å². The van der Waals surface area contributed by atoms with Crippen molar-refractivity contribution in [1.29, 1.82) is 0 Å². The molecular weight excluding hydrogens is 220 g/mol. The highest BCUT2D eigenvalue weighted by Crippen LogP contribution is 2.21. The van der Waals surface area contributed by atoms with Crippen molar-refractivity contribution in [2.45, 2.75) is 5.16 Å². The molecule has 0 atom stereocenters. The van der Waals surface area contributed by atoms with E-state index < -0.39 is 0 Å². The van der Waals surface area contributed by atoms with E-state index in [1.807, 2.05) is 30.5 Å². The van der Waals surface area contributed by atoms with Gasteiger partial charge in [0.1, 0.15) is 0 Å². The smallest absolute Gasteiger partial charge is 0.187 e. The lowest BCUT2D eigenvalue weighted by atomic mass is 10.1. The number of rotatable bonds is 3. The maximum absolute atomic E-state index is 10.9. The molecule has 0 aliphatic carbocycles. The standard InChI is InChI=1S/C12H10N2OS/c1-16-12-13-7-6-11(14-12)10-5-3-2-4-9(10)8-15/h2-8H,1H3. The van der Waals surface area contributed by atoms with Crippen molar-refractivity contribution in [3.8, 4) is 11.3 Å². The Hall–Kier alpha value is -1.68. The van der Waals surface area contributed by atoms with Crippen LogP contribution in [-0.2, 0) is 0 Å². The molecule has 1 heterocycles. The summed E-state index contributed by atoms with van der Waals surface area (Å²) < 4.78 is 0. The Bertz CT molecular complexity index is 514. The predicted octanol–water partition coefficient (Wildman–Crippen LogP) is 2.68. The van der Waals surface area contributed by atoms with Crippen molar-refractivity contribution in [3.63, 3.8) is 0 Å². The molecule has 4 heteroatoms. The first-order valence-electron chi connectivity index (χ1n) is 4.77. The van der Waals surface area contributed by atoms with Crippen LogP contribution in [0.5, 0.6) is 0 Å². The summed E-state index contributed by atoms with van der Waals surface area (Å²) in [5.41, 5.74) is 2.27. The average Bonchev–Trinajstić information content (AvgIpc) is 2.38. The van der Waals surface area contributed by atoms with Crippen molar-refractivity contribution in [2.75, 3.05) is 6.26 Å². The maximum atomic E-state index is 10.9. The summed E-state index contributed by atoms with van der Waals surface area (Å²) in [6.45, 7) is 0. The van der Waals surface area contributed by atoms with Crippen molar-refractivity contribution >= 4 is 18.0 Å². The first-order valence-corrected chi connectivity index (χ1v) is 5.99. The van der Waals surface area contributed by atoms with Gasteiger partial charge in [0, 0.05) is 17.3 Å². The highest BCUT2D eigenvalue weighted by Gasteiger charge is 2.05. The molecule has 80 valence electrons. The van der Waals surface area contributed by atoms with E-state index in [9.17, 15) is 4.79 Å². The second-order valence-corrected chi connectivity index (χ2v) is 3.91. The molecule has 0 aliphatic rings. The third-order valence-corrected chi connectivity index (χ3v) is 2.74. The lowest BCUT2D eigenvalue weighted by Crippen LogP contribution is -1.92. The van der Waals surface area contributed by atoms with Gasteiger partial charge in [-0.2, -0.15) is 0 Å². The van der Waals surface area contributed by atoms with Gasteiger partial charge in [-0.3, -0.25) is 4.79 Å². The van der Waals surface area contributed by atoms with Gasteiger partial charge in [0.05, 0.1) is 5.69 Å². The van der Waals surface area contributed by atoms with E-state index in [1.54, 1.807) is 12.3 Å². The molecule has 1 aromatic carbocycles. The van der Waals surface area contributed by atoms with Gasteiger partial charge in [-0.15, -0.1) is 0 Å². The molecule has 0 bridgehead atoms. The molecule has 0 fully saturated rings. The number of thioether (sulfide) groups is 1. The second kappa shape index (κ2) is 4.90. The minimum absolute atomic E-state index is 0.647. The molecule has 0 radical (unpaired) electrons. The minimum Gasteiger partial charge on any atom is -0.298 e. The van der Waals surface area contributed by atoms with Crippen LogP contribution in [0.4, 0.5) is 0 Å². The summed E-state index contributed by atoms with van der Waals surface area (Å²) in [5.74, 6) is 0. The Morgan fingerprint density at radius 1 is 1.25 bits per heavy atom. The first kappa shape index (κ1) is 10.8. The van der Waals surface area contributed by atoms with E-state index in [0.29, 0.717) is 10.7 Å². The Labute approximate surface area is 97.9 Å². The van der Waals surface area contributed by atoms with Gasteiger partial charge in [-0.25, -0.2) is 9.97 Å². The Balaban J connectivity index is 2.53.